The van der Waals surface area contributed by atoms with Gasteiger partial charge in [-0.15, -0.1) is 11.3 Å². The normalized spacial score (nSPS) is 12.0. The smallest absolute Gasteiger partial charge is 0.254 e. The van der Waals surface area contributed by atoms with Crippen molar-refractivity contribution in [2.45, 2.75) is 60.0 Å². The van der Waals surface area contributed by atoms with E-state index in [0.717, 1.165) is 5.56 Å². The minimum Gasteiger partial charge on any atom is -0.353 e. The molecule has 3 amide bonds. The molecule has 31 heavy (non-hydrogen) atoms. The van der Waals surface area contributed by atoms with Crippen LogP contribution in [0.2, 0.25) is 0 Å². The SMILES string of the molecule is Cc1ccc(C(=O)N(CC(=O)Nc2nc(CC(=O)NC(C)C(C)C)cs2)C(C)C)cc1. The highest BCUT2D eigenvalue weighted by Gasteiger charge is 2.22. The Morgan fingerprint density at radius 1 is 1.03 bits per heavy atom. The second-order valence-electron chi connectivity index (χ2n) is 8.36. The molecule has 0 aliphatic heterocycles. The average Bonchev–Trinajstić information content (AvgIpc) is 3.12. The molecule has 1 aromatic heterocycles. The molecule has 1 aromatic carbocycles. The van der Waals surface area contributed by atoms with Crippen molar-refractivity contribution in [2.75, 3.05) is 11.9 Å². The van der Waals surface area contributed by atoms with Crippen LogP contribution >= 0.6 is 11.3 Å². The van der Waals surface area contributed by atoms with Gasteiger partial charge in [0, 0.05) is 23.0 Å². The molecule has 0 aliphatic rings. The molecule has 8 heteroatoms. The number of hydrogen-bond acceptors (Lipinski definition) is 5. The third-order valence-electron chi connectivity index (χ3n) is 5.03. The Morgan fingerprint density at radius 3 is 2.26 bits per heavy atom. The van der Waals surface area contributed by atoms with Crippen LogP contribution in [-0.4, -0.2) is 46.2 Å². The molecular formula is C23H32N4O3S. The quantitative estimate of drug-likeness (QED) is 0.618. The van der Waals surface area contributed by atoms with E-state index >= 15 is 0 Å². The van der Waals surface area contributed by atoms with Crippen LogP contribution in [0, 0.1) is 12.8 Å². The number of hydrogen-bond donors (Lipinski definition) is 2. The van der Waals surface area contributed by atoms with Crippen molar-refractivity contribution in [1.29, 1.82) is 0 Å². The molecule has 2 rings (SSSR count). The molecular weight excluding hydrogens is 412 g/mol. The number of anilines is 1. The summed E-state index contributed by atoms with van der Waals surface area (Å²) in [6.45, 7) is 11.7. The lowest BCUT2D eigenvalue weighted by Crippen LogP contribution is -2.42. The van der Waals surface area contributed by atoms with Crippen LogP contribution in [-0.2, 0) is 16.0 Å². The minimum atomic E-state index is -0.326. The lowest BCUT2D eigenvalue weighted by atomic mass is 10.1. The maximum absolute atomic E-state index is 12.8. The van der Waals surface area contributed by atoms with Crippen molar-refractivity contribution in [3.63, 3.8) is 0 Å². The summed E-state index contributed by atoms with van der Waals surface area (Å²) in [7, 11) is 0. The standard InChI is InChI=1S/C23H32N4O3S/c1-14(2)17(6)24-20(28)11-19-13-31-23(25-19)26-21(29)12-27(15(3)4)22(30)18-9-7-16(5)8-10-18/h7-10,13-15,17H,11-12H2,1-6H3,(H,24,28)(H,25,26,29). The fourth-order valence-corrected chi connectivity index (χ4v) is 3.47. The third-order valence-corrected chi connectivity index (χ3v) is 5.83. The molecule has 0 aliphatic carbocycles. The van der Waals surface area contributed by atoms with Gasteiger partial charge in [0.25, 0.3) is 5.91 Å². The molecule has 0 radical (unpaired) electrons. The molecule has 7 nitrogen and oxygen atoms in total. The lowest BCUT2D eigenvalue weighted by molar-refractivity contribution is -0.121. The number of carbonyl (C=O) groups excluding carboxylic acids is 3. The first-order chi connectivity index (χ1) is 14.6. The van der Waals surface area contributed by atoms with E-state index < -0.39 is 0 Å². The third kappa shape index (κ3) is 7.47. The summed E-state index contributed by atoms with van der Waals surface area (Å²) < 4.78 is 0. The minimum absolute atomic E-state index is 0.0777. The van der Waals surface area contributed by atoms with Gasteiger partial charge in [0.1, 0.15) is 6.54 Å². The van der Waals surface area contributed by atoms with Gasteiger partial charge in [0.05, 0.1) is 12.1 Å². The number of aromatic nitrogens is 1. The van der Waals surface area contributed by atoms with Gasteiger partial charge < -0.3 is 15.5 Å². The molecule has 2 aromatic rings. The Balaban J connectivity index is 1.95. The maximum atomic E-state index is 12.8. The van der Waals surface area contributed by atoms with E-state index in [9.17, 15) is 14.4 Å². The van der Waals surface area contributed by atoms with Gasteiger partial charge in [0.2, 0.25) is 11.8 Å². The number of nitrogens with one attached hydrogen (secondary N) is 2. The molecule has 1 heterocycles. The van der Waals surface area contributed by atoms with Gasteiger partial charge in [0.15, 0.2) is 5.13 Å². The largest absolute Gasteiger partial charge is 0.353 e. The van der Waals surface area contributed by atoms with Crippen LogP contribution in [0.4, 0.5) is 5.13 Å². The van der Waals surface area contributed by atoms with Crippen LogP contribution in [0.15, 0.2) is 29.6 Å². The summed E-state index contributed by atoms with van der Waals surface area (Å²) in [6, 6.07) is 7.23. The number of amides is 3. The summed E-state index contributed by atoms with van der Waals surface area (Å²) in [4.78, 5) is 43.4. The average molecular weight is 445 g/mol. The summed E-state index contributed by atoms with van der Waals surface area (Å²) in [5, 5.41) is 7.85. The van der Waals surface area contributed by atoms with Crippen molar-refractivity contribution in [2.24, 2.45) is 5.92 Å². The zero-order chi connectivity index (χ0) is 23.1. The zero-order valence-electron chi connectivity index (χ0n) is 19.1. The second kappa shape index (κ2) is 11.0. The van der Waals surface area contributed by atoms with E-state index in [1.807, 2.05) is 53.7 Å². The molecule has 1 atom stereocenters. The molecule has 0 saturated carbocycles. The van der Waals surface area contributed by atoms with Gasteiger partial charge in [-0.3, -0.25) is 14.4 Å². The van der Waals surface area contributed by atoms with Crippen molar-refractivity contribution in [3.8, 4) is 0 Å². The Labute approximate surface area is 188 Å². The van der Waals surface area contributed by atoms with Crippen molar-refractivity contribution in [1.82, 2.24) is 15.2 Å². The second-order valence-corrected chi connectivity index (χ2v) is 9.22. The summed E-state index contributed by atoms with van der Waals surface area (Å²) in [5.74, 6) is -0.270. The lowest BCUT2D eigenvalue weighted by Gasteiger charge is -2.26. The van der Waals surface area contributed by atoms with Crippen LogP contribution in [0.5, 0.6) is 0 Å². The number of benzene rings is 1. The first-order valence-corrected chi connectivity index (χ1v) is 11.4. The Kier molecular flexibility index (Phi) is 8.74. The number of thiazole rings is 1. The monoisotopic (exact) mass is 444 g/mol. The van der Waals surface area contributed by atoms with E-state index in [0.29, 0.717) is 22.3 Å². The van der Waals surface area contributed by atoms with E-state index in [-0.39, 0.29) is 42.8 Å². The van der Waals surface area contributed by atoms with E-state index in [1.165, 1.54) is 16.2 Å². The Morgan fingerprint density at radius 2 is 1.68 bits per heavy atom. The summed E-state index contributed by atoms with van der Waals surface area (Å²) >= 11 is 1.26. The fourth-order valence-electron chi connectivity index (χ4n) is 2.75. The van der Waals surface area contributed by atoms with Crippen LogP contribution in [0.1, 0.15) is 56.2 Å². The molecule has 0 spiro atoms. The van der Waals surface area contributed by atoms with Gasteiger partial charge in [-0.05, 0) is 45.7 Å². The maximum Gasteiger partial charge on any atom is 0.254 e. The number of rotatable bonds is 9. The van der Waals surface area contributed by atoms with Crippen LogP contribution < -0.4 is 10.6 Å². The summed E-state index contributed by atoms with van der Waals surface area (Å²) in [5.41, 5.74) is 2.22. The summed E-state index contributed by atoms with van der Waals surface area (Å²) in [6.07, 6.45) is 0.160. The molecule has 0 fully saturated rings. The topological polar surface area (TPSA) is 91.4 Å². The van der Waals surface area contributed by atoms with Gasteiger partial charge in [-0.1, -0.05) is 31.5 Å². The molecule has 0 saturated heterocycles. The molecule has 2 N–H and O–H groups in total. The van der Waals surface area contributed by atoms with Crippen molar-refractivity contribution < 1.29 is 14.4 Å². The number of aryl methyl sites for hydroxylation is 1. The van der Waals surface area contributed by atoms with Crippen molar-refractivity contribution in [3.05, 3.63) is 46.5 Å². The highest BCUT2D eigenvalue weighted by molar-refractivity contribution is 7.13. The predicted molar refractivity (Wildman–Crippen MR) is 124 cm³/mol. The van der Waals surface area contributed by atoms with Crippen molar-refractivity contribution >= 4 is 34.2 Å². The van der Waals surface area contributed by atoms with E-state index in [1.54, 1.807) is 17.5 Å². The molecule has 0 bridgehead atoms. The Hall–Kier alpha value is -2.74. The highest BCUT2D eigenvalue weighted by Crippen LogP contribution is 2.17. The number of nitrogens with zero attached hydrogens (tertiary/aromatic N) is 2. The number of carbonyl (C=O) groups is 3. The predicted octanol–water partition coefficient (Wildman–Crippen LogP) is 3.64. The van der Waals surface area contributed by atoms with E-state index in [2.05, 4.69) is 15.6 Å². The molecule has 168 valence electrons. The Bertz CT molecular complexity index is 906. The zero-order valence-corrected chi connectivity index (χ0v) is 19.9. The first kappa shape index (κ1) is 24.5. The van der Waals surface area contributed by atoms with E-state index in [4.69, 9.17) is 0 Å². The first-order valence-electron chi connectivity index (χ1n) is 10.5. The van der Waals surface area contributed by atoms with Gasteiger partial charge in [-0.25, -0.2) is 4.98 Å². The van der Waals surface area contributed by atoms with Crippen LogP contribution in [0.25, 0.3) is 0 Å². The van der Waals surface area contributed by atoms with Gasteiger partial charge >= 0.3 is 0 Å². The van der Waals surface area contributed by atoms with Crippen LogP contribution in [0.3, 0.4) is 0 Å². The molecule has 1 unspecified atom stereocenters. The fraction of sp³-hybridized carbons (Fsp3) is 0.478. The van der Waals surface area contributed by atoms with Gasteiger partial charge in [-0.2, -0.15) is 0 Å². The highest BCUT2D eigenvalue weighted by atomic mass is 32.1.